The third-order valence-electron chi connectivity index (χ3n) is 2.85. The van der Waals surface area contributed by atoms with E-state index in [1.807, 2.05) is 27.7 Å². The van der Waals surface area contributed by atoms with Gasteiger partial charge in [0, 0.05) is 26.1 Å². The third-order valence-corrected chi connectivity index (χ3v) is 2.85. The Balaban J connectivity index is 3.19. The lowest BCUT2D eigenvalue weighted by Crippen LogP contribution is -2.32. The number of anilines is 1. The highest BCUT2D eigenvalue weighted by molar-refractivity contribution is 5.97. The molecule has 0 aliphatic carbocycles. The van der Waals surface area contributed by atoms with Crippen molar-refractivity contribution in [1.82, 2.24) is 14.9 Å². The average molecular weight is 250 g/mol. The maximum absolute atomic E-state index is 12.4. The largest absolute Gasteiger partial charge is 0.385 e. The molecule has 1 aromatic heterocycles. The highest BCUT2D eigenvalue weighted by atomic mass is 16.2. The summed E-state index contributed by atoms with van der Waals surface area (Å²) < 4.78 is 0. The summed E-state index contributed by atoms with van der Waals surface area (Å²) in [5.74, 6) is 0.859. The van der Waals surface area contributed by atoms with Crippen molar-refractivity contribution in [1.29, 1.82) is 0 Å². The molecule has 1 amide bonds. The Morgan fingerprint density at radius 2 is 2.00 bits per heavy atom. The fourth-order valence-corrected chi connectivity index (χ4v) is 1.68. The first-order chi connectivity index (χ1) is 8.54. The average Bonchev–Trinajstić information content (AvgIpc) is 2.39. The van der Waals surface area contributed by atoms with Gasteiger partial charge in [-0.25, -0.2) is 9.97 Å². The number of hydrogen-bond acceptors (Lipinski definition) is 4. The minimum Gasteiger partial charge on any atom is -0.385 e. The Morgan fingerprint density at radius 1 is 1.39 bits per heavy atom. The van der Waals surface area contributed by atoms with Crippen molar-refractivity contribution >= 4 is 11.6 Å². The van der Waals surface area contributed by atoms with Gasteiger partial charge in [-0.15, -0.1) is 0 Å². The first-order valence-electron chi connectivity index (χ1n) is 6.39. The molecule has 5 nitrogen and oxygen atoms in total. The van der Waals surface area contributed by atoms with Gasteiger partial charge in [0.15, 0.2) is 5.69 Å². The smallest absolute Gasteiger partial charge is 0.274 e. The zero-order valence-electron chi connectivity index (χ0n) is 11.8. The molecule has 0 aromatic carbocycles. The topological polar surface area (TPSA) is 58.1 Å². The molecule has 0 aliphatic heterocycles. The molecule has 1 N–H and O–H groups in total. The van der Waals surface area contributed by atoms with E-state index >= 15 is 0 Å². The van der Waals surface area contributed by atoms with Gasteiger partial charge in [0.25, 0.3) is 5.91 Å². The van der Waals surface area contributed by atoms with E-state index in [9.17, 15) is 4.79 Å². The Morgan fingerprint density at radius 3 is 2.44 bits per heavy atom. The van der Waals surface area contributed by atoms with Crippen molar-refractivity contribution in [2.75, 3.05) is 25.5 Å². The summed E-state index contributed by atoms with van der Waals surface area (Å²) >= 11 is 0. The van der Waals surface area contributed by atoms with E-state index in [2.05, 4.69) is 15.3 Å². The number of nitrogens with one attached hydrogen (secondary N) is 1. The van der Waals surface area contributed by atoms with Gasteiger partial charge in [-0.2, -0.15) is 0 Å². The van der Waals surface area contributed by atoms with Gasteiger partial charge in [-0.1, -0.05) is 13.8 Å². The Bertz CT molecular complexity index is 413. The summed E-state index contributed by atoms with van der Waals surface area (Å²) in [4.78, 5) is 22.8. The van der Waals surface area contributed by atoms with E-state index in [-0.39, 0.29) is 11.8 Å². The molecule has 0 atom stereocenters. The third kappa shape index (κ3) is 2.97. The molecular weight excluding hydrogens is 228 g/mol. The van der Waals surface area contributed by atoms with E-state index < -0.39 is 0 Å². The Hall–Kier alpha value is -1.65. The number of aromatic nitrogens is 2. The van der Waals surface area contributed by atoms with E-state index in [1.165, 1.54) is 0 Å². The first kappa shape index (κ1) is 14.4. The minimum absolute atomic E-state index is 0.0475. The summed E-state index contributed by atoms with van der Waals surface area (Å²) in [6.45, 7) is 9.31. The number of rotatable bonds is 5. The standard InChI is InChI=1S/C13H22N4O/c1-6-17(7-2)13(18)11-10(14-5)8-15-12(16-11)9(3)4/h8-9,14H,6-7H2,1-5H3. The summed E-state index contributed by atoms with van der Waals surface area (Å²) in [5, 5.41) is 2.97. The molecule has 5 heteroatoms. The number of nitrogens with zero attached hydrogens (tertiary/aromatic N) is 3. The van der Waals surface area contributed by atoms with Crippen molar-refractivity contribution in [3.8, 4) is 0 Å². The van der Waals surface area contributed by atoms with Crippen LogP contribution in [0.4, 0.5) is 5.69 Å². The molecule has 0 saturated heterocycles. The van der Waals surface area contributed by atoms with E-state index in [4.69, 9.17) is 0 Å². The minimum atomic E-state index is -0.0475. The molecule has 0 bridgehead atoms. The highest BCUT2D eigenvalue weighted by Gasteiger charge is 2.19. The van der Waals surface area contributed by atoms with Crippen LogP contribution >= 0.6 is 0 Å². The first-order valence-corrected chi connectivity index (χ1v) is 6.39. The van der Waals surface area contributed by atoms with Crippen LogP contribution in [0.25, 0.3) is 0 Å². The molecule has 1 rings (SSSR count). The lowest BCUT2D eigenvalue weighted by molar-refractivity contribution is 0.0767. The fourth-order valence-electron chi connectivity index (χ4n) is 1.68. The van der Waals surface area contributed by atoms with Crippen LogP contribution in [0.3, 0.4) is 0 Å². The van der Waals surface area contributed by atoms with Crippen LogP contribution in [-0.4, -0.2) is 40.9 Å². The van der Waals surface area contributed by atoms with E-state index in [0.29, 0.717) is 30.3 Å². The molecule has 0 spiro atoms. The Labute approximate surface area is 109 Å². The van der Waals surface area contributed by atoms with Gasteiger partial charge >= 0.3 is 0 Å². The summed E-state index contributed by atoms with van der Waals surface area (Å²) in [6.07, 6.45) is 1.68. The van der Waals surface area contributed by atoms with Gasteiger partial charge in [-0.05, 0) is 13.8 Å². The zero-order valence-corrected chi connectivity index (χ0v) is 11.8. The number of carbonyl (C=O) groups is 1. The summed E-state index contributed by atoms with van der Waals surface area (Å²) in [6, 6.07) is 0. The summed E-state index contributed by atoms with van der Waals surface area (Å²) in [7, 11) is 1.77. The number of carbonyl (C=O) groups excluding carboxylic acids is 1. The Kier molecular flexibility index (Phi) is 5.07. The van der Waals surface area contributed by atoms with Crippen LogP contribution < -0.4 is 5.32 Å². The van der Waals surface area contributed by atoms with Gasteiger partial charge in [-0.3, -0.25) is 4.79 Å². The predicted molar refractivity (Wildman–Crippen MR) is 72.9 cm³/mol. The van der Waals surface area contributed by atoms with Crippen LogP contribution in [0.1, 0.15) is 49.9 Å². The second-order valence-electron chi connectivity index (χ2n) is 4.37. The molecule has 0 unspecified atom stereocenters. The highest BCUT2D eigenvalue weighted by Crippen LogP contribution is 2.17. The van der Waals surface area contributed by atoms with Crippen LogP contribution in [0.2, 0.25) is 0 Å². The second kappa shape index (κ2) is 6.33. The normalized spacial score (nSPS) is 10.6. The van der Waals surface area contributed by atoms with Gasteiger partial charge in [0.05, 0.1) is 11.9 Å². The van der Waals surface area contributed by atoms with Crippen molar-refractivity contribution in [3.05, 3.63) is 17.7 Å². The monoisotopic (exact) mass is 250 g/mol. The van der Waals surface area contributed by atoms with Crippen molar-refractivity contribution in [2.45, 2.75) is 33.6 Å². The lowest BCUT2D eigenvalue weighted by Gasteiger charge is -2.20. The van der Waals surface area contributed by atoms with Crippen molar-refractivity contribution in [3.63, 3.8) is 0 Å². The number of amides is 1. The van der Waals surface area contributed by atoms with Crippen LogP contribution in [0.15, 0.2) is 6.20 Å². The SMILES string of the molecule is CCN(CC)C(=O)c1nc(C(C)C)ncc1NC. The maximum Gasteiger partial charge on any atom is 0.274 e. The molecule has 1 aromatic rings. The quantitative estimate of drug-likeness (QED) is 0.869. The van der Waals surface area contributed by atoms with Crippen molar-refractivity contribution < 1.29 is 4.79 Å². The van der Waals surface area contributed by atoms with Gasteiger partial charge in [0.1, 0.15) is 5.82 Å². The molecular formula is C13H22N4O. The number of hydrogen-bond donors (Lipinski definition) is 1. The molecule has 1 heterocycles. The predicted octanol–water partition coefficient (Wildman–Crippen LogP) is 2.12. The summed E-state index contributed by atoms with van der Waals surface area (Å²) in [5.41, 5.74) is 1.14. The molecule has 18 heavy (non-hydrogen) atoms. The van der Waals surface area contributed by atoms with Crippen molar-refractivity contribution in [2.24, 2.45) is 0 Å². The van der Waals surface area contributed by atoms with Crippen LogP contribution in [-0.2, 0) is 0 Å². The van der Waals surface area contributed by atoms with Crippen LogP contribution in [0.5, 0.6) is 0 Å². The zero-order chi connectivity index (χ0) is 13.7. The lowest BCUT2D eigenvalue weighted by atomic mass is 10.2. The van der Waals surface area contributed by atoms with Crippen LogP contribution in [0, 0.1) is 0 Å². The van der Waals surface area contributed by atoms with E-state index in [0.717, 1.165) is 0 Å². The van der Waals surface area contributed by atoms with Gasteiger partial charge in [0.2, 0.25) is 0 Å². The fraction of sp³-hybridized carbons (Fsp3) is 0.615. The van der Waals surface area contributed by atoms with Gasteiger partial charge < -0.3 is 10.2 Å². The molecule has 100 valence electrons. The molecule has 0 radical (unpaired) electrons. The molecule has 0 aliphatic rings. The second-order valence-corrected chi connectivity index (χ2v) is 4.37. The maximum atomic E-state index is 12.4. The molecule has 0 fully saturated rings. The van der Waals surface area contributed by atoms with E-state index in [1.54, 1.807) is 18.1 Å². The molecule has 0 saturated carbocycles.